The van der Waals surface area contributed by atoms with Crippen molar-refractivity contribution >= 4 is 27.7 Å². The first-order chi connectivity index (χ1) is 9.47. The molecule has 106 valence electrons. The molecule has 2 aliphatic rings. The molecule has 0 saturated heterocycles. The summed E-state index contributed by atoms with van der Waals surface area (Å²) in [6.07, 6.45) is 2.11. The van der Waals surface area contributed by atoms with E-state index in [9.17, 15) is 14.4 Å². The molecule has 3 rings (SSSR count). The first-order valence-corrected chi connectivity index (χ1v) is 7.54. The number of carbonyl (C=O) groups excluding carboxylic acids is 2. The van der Waals surface area contributed by atoms with E-state index in [-0.39, 0.29) is 28.8 Å². The maximum atomic E-state index is 12.5. The van der Waals surface area contributed by atoms with Crippen molar-refractivity contribution in [2.45, 2.75) is 31.0 Å². The van der Waals surface area contributed by atoms with E-state index in [1.165, 1.54) is 11.0 Å². The Morgan fingerprint density at radius 2 is 2.10 bits per heavy atom. The molecule has 1 aliphatic carbocycles. The largest absolute Gasteiger partial charge is 0.426 e. The van der Waals surface area contributed by atoms with Crippen LogP contribution in [0.4, 0.5) is 0 Å². The van der Waals surface area contributed by atoms with E-state index >= 15 is 0 Å². The predicted molar refractivity (Wildman–Crippen MR) is 74.8 cm³/mol. The van der Waals surface area contributed by atoms with Gasteiger partial charge in [-0.25, -0.2) is 4.79 Å². The highest BCUT2D eigenvalue weighted by atomic mass is 79.9. The second-order valence-electron chi connectivity index (χ2n) is 5.36. The van der Waals surface area contributed by atoms with Crippen LogP contribution >= 0.6 is 15.9 Å². The minimum Gasteiger partial charge on any atom is -0.426 e. The molecular formula is C14H14BrNO4. The van der Waals surface area contributed by atoms with Gasteiger partial charge in [-0.1, -0.05) is 15.9 Å². The van der Waals surface area contributed by atoms with E-state index in [4.69, 9.17) is 4.42 Å². The van der Waals surface area contributed by atoms with Crippen molar-refractivity contribution < 1.29 is 14.0 Å². The van der Waals surface area contributed by atoms with E-state index < -0.39 is 5.63 Å². The molecule has 0 unspecified atom stereocenters. The van der Waals surface area contributed by atoms with E-state index in [1.54, 1.807) is 0 Å². The third-order valence-corrected chi connectivity index (χ3v) is 4.20. The molecule has 2 amide bonds. The number of carbonyl (C=O) groups is 2. The minimum atomic E-state index is -0.527. The van der Waals surface area contributed by atoms with Crippen LogP contribution < -0.4 is 5.63 Å². The van der Waals surface area contributed by atoms with Gasteiger partial charge in [-0.3, -0.25) is 14.5 Å². The summed E-state index contributed by atoms with van der Waals surface area (Å²) in [6, 6.07) is 1.32. The Balaban J connectivity index is 2.07. The summed E-state index contributed by atoms with van der Waals surface area (Å²) < 4.78 is 5.06. The molecule has 1 atom stereocenters. The highest BCUT2D eigenvalue weighted by Crippen LogP contribution is 2.34. The lowest BCUT2D eigenvalue weighted by atomic mass is 9.98. The van der Waals surface area contributed by atoms with Gasteiger partial charge in [0.05, 0.1) is 12.0 Å². The Kier molecular flexibility index (Phi) is 3.28. The number of fused-ring (bicyclic) bond motifs is 1. The Bertz CT molecular complexity index is 645. The quantitative estimate of drug-likeness (QED) is 0.624. The van der Waals surface area contributed by atoms with Gasteiger partial charge in [-0.05, 0) is 31.2 Å². The molecule has 0 aromatic carbocycles. The molecule has 20 heavy (non-hydrogen) atoms. The van der Waals surface area contributed by atoms with Gasteiger partial charge in [0, 0.05) is 17.4 Å². The average molecular weight is 340 g/mol. The summed E-state index contributed by atoms with van der Waals surface area (Å²) >= 11 is 3.39. The standard InChI is InChI=1S/C14H14BrNO4/c1-7(15)9-4-12(18)20-10-5-11(17)16(6-8-2-3-8)14(19)13(9)10/h4,7-8H,2-3,5-6H2,1H3/t7-/m0/s1. The van der Waals surface area contributed by atoms with Crippen LogP contribution in [0.5, 0.6) is 0 Å². The van der Waals surface area contributed by atoms with Crippen LogP contribution in [0.2, 0.25) is 0 Å². The van der Waals surface area contributed by atoms with Crippen LogP contribution in [0.1, 0.15) is 46.3 Å². The summed E-state index contributed by atoms with van der Waals surface area (Å²) in [5.41, 5.74) is 0.435. The molecule has 0 bridgehead atoms. The highest BCUT2D eigenvalue weighted by Gasteiger charge is 2.38. The molecule has 0 spiro atoms. The molecule has 2 heterocycles. The maximum absolute atomic E-state index is 12.5. The van der Waals surface area contributed by atoms with Crippen molar-refractivity contribution in [3.63, 3.8) is 0 Å². The smallest absolute Gasteiger partial charge is 0.336 e. The predicted octanol–water partition coefficient (Wildman–Crippen LogP) is 2.03. The zero-order valence-electron chi connectivity index (χ0n) is 11.0. The van der Waals surface area contributed by atoms with Gasteiger partial charge in [-0.15, -0.1) is 0 Å². The molecule has 0 N–H and O–H groups in total. The molecule has 1 aliphatic heterocycles. The number of halogens is 1. The number of amides is 2. The second kappa shape index (κ2) is 4.84. The van der Waals surface area contributed by atoms with Crippen molar-refractivity contribution in [2.75, 3.05) is 6.54 Å². The van der Waals surface area contributed by atoms with E-state index in [2.05, 4.69) is 15.9 Å². The zero-order chi connectivity index (χ0) is 14.4. The lowest BCUT2D eigenvalue weighted by Crippen LogP contribution is -2.44. The number of nitrogens with zero attached hydrogens (tertiary/aromatic N) is 1. The van der Waals surface area contributed by atoms with Crippen LogP contribution in [0.25, 0.3) is 0 Å². The van der Waals surface area contributed by atoms with Crippen molar-refractivity contribution in [1.29, 1.82) is 0 Å². The van der Waals surface area contributed by atoms with Crippen molar-refractivity contribution in [3.05, 3.63) is 33.4 Å². The van der Waals surface area contributed by atoms with E-state index in [1.807, 2.05) is 6.92 Å². The molecule has 1 aromatic rings. The fourth-order valence-electron chi connectivity index (χ4n) is 2.47. The van der Waals surface area contributed by atoms with Gasteiger partial charge in [0.25, 0.3) is 5.91 Å². The van der Waals surface area contributed by atoms with E-state index in [0.29, 0.717) is 23.6 Å². The lowest BCUT2D eigenvalue weighted by molar-refractivity contribution is -0.129. The van der Waals surface area contributed by atoms with Gasteiger partial charge < -0.3 is 4.42 Å². The number of imide groups is 1. The van der Waals surface area contributed by atoms with E-state index in [0.717, 1.165) is 12.8 Å². The van der Waals surface area contributed by atoms with Gasteiger partial charge in [0.2, 0.25) is 5.91 Å². The summed E-state index contributed by atoms with van der Waals surface area (Å²) in [7, 11) is 0. The van der Waals surface area contributed by atoms with Gasteiger partial charge in [-0.2, -0.15) is 0 Å². The molecule has 1 saturated carbocycles. The topological polar surface area (TPSA) is 67.6 Å². The van der Waals surface area contributed by atoms with Crippen LogP contribution in [0.15, 0.2) is 15.3 Å². The lowest BCUT2D eigenvalue weighted by Gasteiger charge is -2.27. The second-order valence-corrected chi connectivity index (χ2v) is 6.74. The van der Waals surface area contributed by atoms with Crippen LogP contribution in [-0.2, 0) is 11.2 Å². The number of hydrogen-bond donors (Lipinski definition) is 0. The summed E-state index contributed by atoms with van der Waals surface area (Å²) in [5.74, 6) is 0.0102. The Labute approximate surface area is 124 Å². The van der Waals surface area contributed by atoms with Crippen molar-refractivity contribution in [1.82, 2.24) is 4.90 Å². The Morgan fingerprint density at radius 3 is 2.70 bits per heavy atom. The van der Waals surface area contributed by atoms with Gasteiger partial charge in [0.15, 0.2) is 0 Å². The molecule has 6 heteroatoms. The van der Waals surface area contributed by atoms with Crippen molar-refractivity contribution in [3.8, 4) is 0 Å². The van der Waals surface area contributed by atoms with Crippen LogP contribution in [0, 0.1) is 5.92 Å². The Morgan fingerprint density at radius 1 is 1.40 bits per heavy atom. The number of rotatable bonds is 3. The molecule has 1 fully saturated rings. The summed E-state index contributed by atoms with van der Waals surface area (Å²) in [4.78, 5) is 37.3. The van der Waals surface area contributed by atoms with Gasteiger partial charge in [0.1, 0.15) is 5.76 Å². The summed E-state index contributed by atoms with van der Waals surface area (Å²) in [5, 5.41) is 0. The summed E-state index contributed by atoms with van der Waals surface area (Å²) in [6.45, 7) is 2.32. The molecular weight excluding hydrogens is 326 g/mol. The normalized spacial score (nSPS) is 20.0. The fourth-order valence-corrected chi connectivity index (χ4v) is 2.83. The zero-order valence-corrected chi connectivity index (χ0v) is 12.6. The Hall–Kier alpha value is -1.43. The maximum Gasteiger partial charge on any atom is 0.336 e. The molecule has 0 radical (unpaired) electrons. The minimum absolute atomic E-state index is 0.0173. The SMILES string of the molecule is C[C@H](Br)c1cc(=O)oc2c1C(=O)N(CC1CC1)C(=O)C2. The molecule has 5 nitrogen and oxygen atoms in total. The first kappa shape index (κ1) is 13.5. The monoisotopic (exact) mass is 339 g/mol. The average Bonchev–Trinajstić information content (AvgIpc) is 3.16. The highest BCUT2D eigenvalue weighted by molar-refractivity contribution is 9.09. The van der Waals surface area contributed by atoms with Gasteiger partial charge >= 0.3 is 5.63 Å². The van der Waals surface area contributed by atoms with Crippen LogP contribution in [-0.4, -0.2) is 23.3 Å². The third kappa shape index (κ3) is 2.32. The number of alkyl halides is 1. The van der Waals surface area contributed by atoms with Crippen LogP contribution in [0.3, 0.4) is 0 Å². The first-order valence-electron chi connectivity index (χ1n) is 6.63. The fraction of sp³-hybridized carbons (Fsp3) is 0.500. The molecule has 1 aromatic heterocycles. The number of hydrogen-bond acceptors (Lipinski definition) is 4. The van der Waals surface area contributed by atoms with Crippen molar-refractivity contribution in [2.24, 2.45) is 5.92 Å². The third-order valence-electron chi connectivity index (χ3n) is 3.70.